The Morgan fingerprint density at radius 2 is 2.16 bits per heavy atom. The van der Waals surface area contributed by atoms with Gasteiger partial charge in [-0.25, -0.2) is 4.98 Å². The molecular weight excluding hydrogens is 258 g/mol. The lowest BCUT2D eigenvalue weighted by Gasteiger charge is -2.31. The van der Waals surface area contributed by atoms with Gasteiger partial charge in [-0.15, -0.1) is 10.2 Å². The largest absolute Gasteiger partial charge is 0.363 e. The molecule has 6 heteroatoms. The van der Waals surface area contributed by atoms with Crippen LogP contribution in [0.1, 0.15) is 31.5 Å². The molecular formula is C13H19N5S. The maximum atomic E-state index is 4.44. The summed E-state index contributed by atoms with van der Waals surface area (Å²) in [7, 11) is 0. The highest BCUT2D eigenvalue weighted by Crippen LogP contribution is 2.29. The summed E-state index contributed by atoms with van der Waals surface area (Å²) in [5.74, 6) is 1.75. The quantitative estimate of drug-likeness (QED) is 0.934. The molecule has 1 N–H and O–H groups in total. The highest BCUT2D eigenvalue weighted by atomic mass is 32.2. The van der Waals surface area contributed by atoms with Gasteiger partial charge in [0, 0.05) is 23.7 Å². The van der Waals surface area contributed by atoms with E-state index in [0.29, 0.717) is 11.3 Å². The van der Waals surface area contributed by atoms with Crippen molar-refractivity contribution >= 4 is 23.2 Å². The SMILES string of the molecule is CSC1CCCCC1Nc1nccn2c(C)nnc12. The van der Waals surface area contributed by atoms with E-state index < -0.39 is 0 Å². The lowest BCUT2D eigenvalue weighted by Crippen LogP contribution is -2.34. The number of thioether (sulfide) groups is 1. The smallest absolute Gasteiger partial charge is 0.203 e. The van der Waals surface area contributed by atoms with Crippen molar-refractivity contribution in [3.8, 4) is 0 Å². The van der Waals surface area contributed by atoms with E-state index in [1.165, 1.54) is 25.7 Å². The van der Waals surface area contributed by atoms with Gasteiger partial charge in [-0.05, 0) is 26.0 Å². The maximum absolute atomic E-state index is 4.44. The Labute approximate surface area is 117 Å². The van der Waals surface area contributed by atoms with Gasteiger partial charge in [-0.3, -0.25) is 4.40 Å². The molecule has 0 aromatic carbocycles. The lowest BCUT2D eigenvalue weighted by atomic mass is 9.95. The summed E-state index contributed by atoms with van der Waals surface area (Å²) in [5.41, 5.74) is 0.824. The van der Waals surface area contributed by atoms with Crippen molar-refractivity contribution in [1.29, 1.82) is 0 Å². The van der Waals surface area contributed by atoms with Crippen molar-refractivity contribution in [2.24, 2.45) is 0 Å². The summed E-state index contributed by atoms with van der Waals surface area (Å²) in [6.07, 6.45) is 11.0. The summed E-state index contributed by atoms with van der Waals surface area (Å²) in [5, 5.41) is 12.6. The zero-order chi connectivity index (χ0) is 13.2. The molecule has 1 aliphatic carbocycles. The topological polar surface area (TPSA) is 55.1 Å². The normalized spacial score (nSPS) is 23.7. The average molecular weight is 277 g/mol. The van der Waals surface area contributed by atoms with Gasteiger partial charge < -0.3 is 5.32 Å². The summed E-state index contributed by atoms with van der Waals surface area (Å²) < 4.78 is 1.98. The number of nitrogens with one attached hydrogen (secondary N) is 1. The fourth-order valence-corrected chi connectivity index (χ4v) is 3.70. The molecule has 0 amide bonds. The summed E-state index contributed by atoms with van der Waals surface area (Å²) >= 11 is 1.95. The molecule has 2 aromatic heterocycles. The monoisotopic (exact) mass is 277 g/mol. The highest BCUT2D eigenvalue weighted by Gasteiger charge is 2.25. The Morgan fingerprint density at radius 3 is 3.00 bits per heavy atom. The minimum absolute atomic E-state index is 0.486. The van der Waals surface area contributed by atoms with E-state index >= 15 is 0 Å². The van der Waals surface area contributed by atoms with E-state index in [0.717, 1.165) is 17.3 Å². The van der Waals surface area contributed by atoms with Crippen LogP contribution in [-0.4, -0.2) is 37.1 Å². The molecule has 2 heterocycles. The van der Waals surface area contributed by atoms with Gasteiger partial charge in [0.05, 0.1) is 0 Å². The summed E-state index contributed by atoms with van der Waals surface area (Å²) in [4.78, 5) is 4.44. The van der Waals surface area contributed by atoms with Gasteiger partial charge in [-0.2, -0.15) is 11.8 Å². The van der Waals surface area contributed by atoms with Crippen LogP contribution in [0.15, 0.2) is 12.4 Å². The predicted molar refractivity (Wildman–Crippen MR) is 78.7 cm³/mol. The third-order valence-electron chi connectivity index (χ3n) is 3.82. The van der Waals surface area contributed by atoms with Crippen molar-refractivity contribution in [2.45, 2.75) is 43.9 Å². The van der Waals surface area contributed by atoms with Crippen molar-refractivity contribution in [3.63, 3.8) is 0 Å². The standard InChI is InChI=1S/C13H19N5S/c1-9-16-17-13-12(14-7-8-18(9)13)15-10-5-3-4-6-11(10)19-2/h7-8,10-11H,3-6H2,1-2H3,(H,14,15). The van der Waals surface area contributed by atoms with E-state index in [1.54, 1.807) is 0 Å². The van der Waals surface area contributed by atoms with Crippen molar-refractivity contribution in [2.75, 3.05) is 11.6 Å². The van der Waals surface area contributed by atoms with Crippen LogP contribution in [0.4, 0.5) is 5.82 Å². The fraction of sp³-hybridized carbons (Fsp3) is 0.615. The zero-order valence-electron chi connectivity index (χ0n) is 11.3. The molecule has 0 radical (unpaired) electrons. The van der Waals surface area contributed by atoms with Crippen molar-refractivity contribution < 1.29 is 0 Å². The molecule has 19 heavy (non-hydrogen) atoms. The van der Waals surface area contributed by atoms with Gasteiger partial charge in [0.1, 0.15) is 5.82 Å². The van der Waals surface area contributed by atoms with Gasteiger partial charge >= 0.3 is 0 Å². The molecule has 0 spiro atoms. The van der Waals surface area contributed by atoms with E-state index in [9.17, 15) is 0 Å². The Kier molecular flexibility index (Phi) is 3.59. The third kappa shape index (κ3) is 2.41. The maximum Gasteiger partial charge on any atom is 0.203 e. The van der Waals surface area contributed by atoms with E-state index in [1.807, 2.05) is 35.5 Å². The fourth-order valence-electron chi connectivity index (χ4n) is 2.76. The molecule has 2 atom stereocenters. The summed E-state index contributed by atoms with van der Waals surface area (Å²) in [6.45, 7) is 1.95. The number of aromatic nitrogens is 4. The van der Waals surface area contributed by atoms with Gasteiger partial charge in [-0.1, -0.05) is 12.8 Å². The van der Waals surface area contributed by atoms with E-state index in [2.05, 4.69) is 26.8 Å². The lowest BCUT2D eigenvalue weighted by molar-refractivity contribution is 0.474. The van der Waals surface area contributed by atoms with Crippen LogP contribution in [0.5, 0.6) is 0 Å². The molecule has 5 nitrogen and oxygen atoms in total. The number of aryl methyl sites for hydroxylation is 1. The number of anilines is 1. The van der Waals surface area contributed by atoms with E-state index in [4.69, 9.17) is 0 Å². The number of fused-ring (bicyclic) bond motifs is 1. The molecule has 1 fully saturated rings. The molecule has 2 unspecified atom stereocenters. The average Bonchev–Trinajstić information content (AvgIpc) is 2.82. The molecule has 1 aliphatic rings. The Balaban J connectivity index is 1.88. The van der Waals surface area contributed by atoms with Crippen molar-refractivity contribution in [3.05, 3.63) is 18.2 Å². The van der Waals surface area contributed by atoms with Gasteiger partial charge in [0.2, 0.25) is 5.65 Å². The van der Waals surface area contributed by atoms with Crippen LogP contribution in [0.3, 0.4) is 0 Å². The third-order valence-corrected chi connectivity index (χ3v) is 4.99. The number of rotatable bonds is 3. The second kappa shape index (κ2) is 5.36. The van der Waals surface area contributed by atoms with Crippen LogP contribution >= 0.6 is 11.8 Å². The van der Waals surface area contributed by atoms with Crippen LogP contribution < -0.4 is 5.32 Å². The first kappa shape index (κ1) is 12.7. The molecule has 0 aliphatic heterocycles. The molecule has 0 bridgehead atoms. The Hall–Kier alpha value is -1.30. The minimum atomic E-state index is 0.486. The van der Waals surface area contributed by atoms with Crippen LogP contribution in [-0.2, 0) is 0 Å². The first-order valence-electron chi connectivity index (χ1n) is 6.75. The molecule has 1 saturated carbocycles. The Bertz CT molecular complexity index is 567. The first-order chi connectivity index (χ1) is 9.29. The number of hydrogen-bond acceptors (Lipinski definition) is 5. The highest BCUT2D eigenvalue weighted by molar-refractivity contribution is 7.99. The number of nitrogens with zero attached hydrogens (tertiary/aromatic N) is 4. The second-order valence-corrected chi connectivity index (χ2v) is 6.10. The molecule has 3 rings (SSSR count). The molecule has 0 saturated heterocycles. The van der Waals surface area contributed by atoms with E-state index in [-0.39, 0.29) is 0 Å². The Morgan fingerprint density at radius 1 is 1.32 bits per heavy atom. The van der Waals surface area contributed by atoms with Crippen LogP contribution in [0.25, 0.3) is 5.65 Å². The zero-order valence-corrected chi connectivity index (χ0v) is 12.2. The molecule has 102 valence electrons. The number of hydrogen-bond donors (Lipinski definition) is 1. The first-order valence-corrected chi connectivity index (χ1v) is 8.04. The van der Waals surface area contributed by atoms with Gasteiger partial charge in [0.15, 0.2) is 5.82 Å². The minimum Gasteiger partial charge on any atom is -0.363 e. The van der Waals surface area contributed by atoms with Crippen LogP contribution in [0, 0.1) is 6.92 Å². The summed E-state index contributed by atoms with van der Waals surface area (Å²) in [6, 6.07) is 0.486. The van der Waals surface area contributed by atoms with Crippen LogP contribution in [0.2, 0.25) is 0 Å². The van der Waals surface area contributed by atoms with Gasteiger partial charge in [0.25, 0.3) is 0 Å². The molecule has 2 aromatic rings. The van der Waals surface area contributed by atoms with Crippen molar-refractivity contribution in [1.82, 2.24) is 19.6 Å². The second-order valence-electron chi connectivity index (χ2n) is 5.03. The predicted octanol–water partition coefficient (Wildman–Crippen LogP) is 2.52.